The van der Waals surface area contributed by atoms with E-state index in [9.17, 15) is 0 Å². The lowest BCUT2D eigenvalue weighted by Gasteiger charge is -2.09. The molecule has 6 nitrogen and oxygen atoms in total. The van der Waals surface area contributed by atoms with E-state index < -0.39 is 0 Å². The van der Waals surface area contributed by atoms with Gasteiger partial charge >= 0.3 is 0 Å². The van der Waals surface area contributed by atoms with Crippen molar-refractivity contribution >= 4 is 0 Å². The van der Waals surface area contributed by atoms with Crippen LogP contribution in [0.25, 0.3) is 45.6 Å². The Labute approximate surface area is 221 Å². The molecule has 0 amide bonds. The highest BCUT2D eigenvalue weighted by Crippen LogP contribution is 2.22. The van der Waals surface area contributed by atoms with Crippen molar-refractivity contribution in [3.63, 3.8) is 0 Å². The van der Waals surface area contributed by atoms with Crippen LogP contribution in [-0.4, -0.2) is 29.9 Å². The van der Waals surface area contributed by atoms with E-state index in [0.29, 0.717) is 47.8 Å². The van der Waals surface area contributed by atoms with E-state index in [4.69, 9.17) is 29.9 Å². The van der Waals surface area contributed by atoms with Crippen molar-refractivity contribution in [2.24, 2.45) is 0 Å². The van der Waals surface area contributed by atoms with Gasteiger partial charge in [0.15, 0.2) is 23.3 Å². The highest BCUT2D eigenvalue weighted by molar-refractivity contribution is 5.62. The van der Waals surface area contributed by atoms with Crippen molar-refractivity contribution in [3.8, 4) is 45.6 Å². The van der Waals surface area contributed by atoms with Gasteiger partial charge in [-0.2, -0.15) is 0 Å². The first-order valence-electron chi connectivity index (χ1n) is 12.5. The lowest BCUT2D eigenvalue weighted by molar-refractivity contribution is 0.791. The lowest BCUT2D eigenvalue weighted by atomic mass is 10.1. The first kappa shape index (κ1) is 23.3. The van der Waals surface area contributed by atoms with Gasteiger partial charge in [-0.15, -0.1) is 0 Å². The number of hydrogen-bond acceptors (Lipinski definition) is 6. The van der Waals surface area contributed by atoms with Crippen molar-refractivity contribution in [2.75, 3.05) is 0 Å². The molecular weight excluding hydrogens is 468 g/mol. The van der Waals surface area contributed by atoms with Gasteiger partial charge < -0.3 is 0 Å². The largest absolute Gasteiger partial charge is 0.213 e. The van der Waals surface area contributed by atoms with Gasteiger partial charge in [-0.25, -0.2) is 29.9 Å². The maximum Gasteiger partial charge on any atom is 0.163 e. The zero-order valence-electron chi connectivity index (χ0n) is 20.6. The summed E-state index contributed by atoms with van der Waals surface area (Å²) in [5.74, 6) is 4.00. The summed E-state index contributed by atoms with van der Waals surface area (Å²) in [6.07, 6.45) is 1.13. The van der Waals surface area contributed by atoms with Gasteiger partial charge in [0.2, 0.25) is 0 Å². The fourth-order valence-electron chi connectivity index (χ4n) is 4.15. The summed E-state index contributed by atoms with van der Waals surface area (Å²) < 4.78 is 0. The SMILES string of the molecule is c1ccc(-c2nc(CCc3nc(-c4ccccc4)nc(-c4ccccc4)n3)nc(-c3ccccc3)n2)cc1. The number of hydrogen-bond donors (Lipinski definition) is 0. The summed E-state index contributed by atoms with van der Waals surface area (Å²) in [6.45, 7) is 0. The number of rotatable bonds is 7. The molecular formula is C32H24N6. The van der Waals surface area contributed by atoms with Crippen LogP contribution in [0.3, 0.4) is 0 Å². The molecule has 0 aliphatic carbocycles. The molecule has 6 heteroatoms. The Balaban J connectivity index is 1.37. The third kappa shape index (κ3) is 5.34. The van der Waals surface area contributed by atoms with Gasteiger partial charge in [0, 0.05) is 35.1 Å². The minimum Gasteiger partial charge on any atom is -0.213 e. The normalized spacial score (nSPS) is 10.8. The van der Waals surface area contributed by atoms with Gasteiger partial charge in [0.05, 0.1) is 0 Å². The van der Waals surface area contributed by atoms with Crippen LogP contribution in [0.4, 0.5) is 0 Å². The predicted octanol–water partition coefficient (Wildman–Crippen LogP) is 6.51. The Morgan fingerprint density at radius 3 is 0.763 bits per heavy atom. The topological polar surface area (TPSA) is 77.3 Å². The Morgan fingerprint density at radius 1 is 0.289 bits per heavy atom. The number of aromatic nitrogens is 6. The second kappa shape index (κ2) is 10.9. The average molecular weight is 493 g/mol. The van der Waals surface area contributed by atoms with E-state index in [0.717, 1.165) is 22.3 Å². The number of benzene rings is 4. The minimum atomic E-state index is 0.564. The summed E-state index contributed by atoms with van der Waals surface area (Å²) in [4.78, 5) is 28.8. The molecule has 2 heterocycles. The molecule has 0 aliphatic rings. The summed E-state index contributed by atoms with van der Waals surface area (Å²) in [5, 5.41) is 0. The molecule has 182 valence electrons. The van der Waals surface area contributed by atoms with E-state index >= 15 is 0 Å². The van der Waals surface area contributed by atoms with Gasteiger partial charge in [0.1, 0.15) is 11.6 Å². The Morgan fingerprint density at radius 2 is 0.526 bits per heavy atom. The van der Waals surface area contributed by atoms with E-state index in [1.807, 2.05) is 121 Å². The molecule has 0 bridgehead atoms. The first-order chi connectivity index (χ1) is 18.8. The smallest absolute Gasteiger partial charge is 0.163 e. The number of nitrogens with zero attached hydrogens (tertiary/aromatic N) is 6. The van der Waals surface area contributed by atoms with Crippen LogP contribution in [0.2, 0.25) is 0 Å². The standard InChI is InChI=1S/C32H24N6/c1-5-13-23(14-6-1)29-33-27(34-30(37-29)24-15-7-2-8-16-24)21-22-28-35-31(25-17-9-3-10-18-25)38-32(36-28)26-19-11-4-12-20-26/h1-20H,21-22H2. The zero-order valence-corrected chi connectivity index (χ0v) is 20.6. The third-order valence-electron chi connectivity index (χ3n) is 6.06. The Hall–Kier alpha value is -5.10. The van der Waals surface area contributed by atoms with E-state index in [1.165, 1.54) is 0 Å². The van der Waals surface area contributed by atoms with E-state index in [-0.39, 0.29) is 0 Å². The summed E-state index contributed by atoms with van der Waals surface area (Å²) in [7, 11) is 0. The molecule has 0 atom stereocenters. The van der Waals surface area contributed by atoms with Crippen LogP contribution in [0, 0.1) is 0 Å². The van der Waals surface area contributed by atoms with Crippen LogP contribution < -0.4 is 0 Å². The minimum absolute atomic E-state index is 0.564. The number of aryl methyl sites for hydroxylation is 2. The Kier molecular flexibility index (Phi) is 6.68. The molecule has 0 saturated heterocycles. The van der Waals surface area contributed by atoms with Crippen LogP contribution >= 0.6 is 0 Å². The fraction of sp³-hybridized carbons (Fsp3) is 0.0625. The predicted molar refractivity (Wildman–Crippen MR) is 149 cm³/mol. The van der Waals surface area contributed by atoms with Crippen molar-refractivity contribution < 1.29 is 0 Å². The molecule has 0 fully saturated rings. The lowest BCUT2D eigenvalue weighted by Crippen LogP contribution is -2.08. The van der Waals surface area contributed by atoms with Crippen molar-refractivity contribution in [2.45, 2.75) is 12.8 Å². The average Bonchev–Trinajstić information content (AvgIpc) is 3.01. The molecule has 0 aliphatic heterocycles. The molecule has 0 radical (unpaired) electrons. The zero-order chi connectivity index (χ0) is 25.6. The Bertz CT molecular complexity index is 1400. The second-order valence-corrected chi connectivity index (χ2v) is 8.76. The van der Waals surface area contributed by atoms with E-state index in [2.05, 4.69) is 0 Å². The van der Waals surface area contributed by atoms with Crippen LogP contribution in [0.5, 0.6) is 0 Å². The molecule has 4 aromatic carbocycles. The summed E-state index contributed by atoms with van der Waals surface area (Å²) in [6, 6.07) is 39.9. The van der Waals surface area contributed by atoms with E-state index in [1.54, 1.807) is 0 Å². The highest BCUT2D eigenvalue weighted by atomic mass is 15.0. The maximum absolute atomic E-state index is 4.81. The fourth-order valence-corrected chi connectivity index (χ4v) is 4.15. The van der Waals surface area contributed by atoms with Crippen LogP contribution in [0.15, 0.2) is 121 Å². The molecule has 6 aromatic rings. The highest BCUT2D eigenvalue weighted by Gasteiger charge is 2.14. The van der Waals surface area contributed by atoms with Crippen molar-refractivity contribution in [3.05, 3.63) is 133 Å². The quantitative estimate of drug-likeness (QED) is 0.253. The third-order valence-corrected chi connectivity index (χ3v) is 6.06. The molecule has 0 spiro atoms. The summed E-state index contributed by atoms with van der Waals surface area (Å²) >= 11 is 0. The molecule has 38 heavy (non-hydrogen) atoms. The van der Waals surface area contributed by atoms with Crippen LogP contribution in [-0.2, 0) is 12.8 Å². The van der Waals surface area contributed by atoms with Crippen LogP contribution in [0.1, 0.15) is 11.6 Å². The van der Waals surface area contributed by atoms with Gasteiger partial charge in [-0.1, -0.05) is 121 Å². The molecule has 0 unspecified atom stereocenters. The van der Waals surface area contributed by atoms with Crippen molar-refractivity contribution in [1.82, 2.24) is 29.9 Å². The molecule has 2 aromatic heterocycles. The molecule has 0 saturated carbocycles. The first-order valence-corrected chi connectivity index (χ1v) is 12.5. The molecule has 0 N–H and O–H groups in total. The van der Waals surface area contributed by atoms with Gasteiger partial charge in [0.25, 0.3) is 0 Å². The maximum atomic E-state index is 4.81. The summed E-state index contributed by atoms with van der Waals surface area (Å²) in [5.41, 5.74) is 3.80. The molecule has 6 rings (SSSR count). The second-order valence-electron chi connectivity index (χ2n) is 8.76. The van der Waals surface area contributed by atoms with Crippen molar-refractivity contribution in [1.29, 1.82) is 0 Å². The monoisotopic (exact) mass is 492 g/mol. The van der Waals surface area contributed by atoms with Gasteiger partial charge in [-0.05, 0) is 0 Å². The van der Waals surface area contributed by atoms with Gasteiger partial charge in [-0.3, -0.25) is 0 Å².